The summed E-state index contributed by atoms with van der Waals surface area (Å²) in [4.78, 5) is 7.96. The fourth-order valence-corrected chi connectivity index (χ4v) is 1.43. The van der Waals surface area contributed by atoms with Gasteiger partial charge < -0.3 is 10.6 Å². The van der Waals surface area contributed by atoms with E-state index in [1.807, 2.05) is 6.07 Å². The predicted octanol–water partition coefficient (Wildman–Crippen LogP) is 0.808. The van der Waals surface area contributed by atoms with Crippen molar-refractivity contribution in [1.29, 1.82) is 0 Å². The summed E-state index contributed by atoms with van der Waals surface area (Å²) in [5, 5.41) is 6.55. The van der Waals surface area contributed by atoms with Crippen LogP contribution in [0.15, 0.2) is 30.2 Å². The average molecular weight is 190 g/mol. The minimum atomic E-state index is 0.888. The van der Waals surface area contributed by atoms with Gasteiger partial charge in [-0.2, -0.15) is 0 Å². The summed E-state index contributed by atoms with van der Waals surface area (Å²) < 4.78 is 0. The molecule has 2 N–H and O–H groups in total. The van der Waals surface area contributed by atoms with E-state index in [1.54, 1.807) is 12.5 Å². The van der Waals surface area contributed by atoms with Crippen LogP contribution in [0.2, 0.25) is 0 Å². The molecule has 1 aromatic rings. The van der Waals surface area contributed by atoms with E-state index in [9.17, 15) is 0 Å². The van der Waals surface area contributed by atoms with Crippen molar-refractivity contribution in [2.24, 2.45) is 0 Å². The van der Waals surface area contributed by atoms with Crippen molar-refractivity contribution in [3.8, 4) is 0 Å². The number of anilines is 1. The number of hydrogen-bond donors (Lipinski definition) is 2. The molecule has 2 rings (SSSR count). The molecule has 0 aromatic carbocycles. The minimum absolute atomic E-state index is 0.888. The lowest BCUT2D eigenvalue weighted by Gasteiger charge is -2.14. The Bertz CT molecular complexity index is 307. The Labute approximate surface area is 83.5 Å². The van der Waals surface area contributed by atoms with Gasteiger partial charge in [0.15, 0.2) is 0 Å². The molecule has 0 unspecified atom stereocenters. The first-order valence-electron chi connectivity index (χ1n) is 4.83. The Morgan fingerprint density at radius 1 is 1.50 bits per heavy atom. The summed E-state index contributed by atoms with van der Waals surface area (Å²) in [5.74, 6) is 0.888. The first kappa shape index (κ1) is 9.15. The highest BCUT2D eigenvalue weighted by molar-refractivity contribution is 5.34. The maximum atomic E-state index is 4.10. The second-order valence-corrected chi connectivity index (χ2v) is 3.26. The molecule has 0 saturated carbocycles. The van der Waals surface area contributed by atoms with Crippen LogP contribution in [0.1, 0.15) is 6.42 Å². The molecular weight excluding hydrogens is 176 g/mol. The van der Waals surface area contributed by atoms with Gasteiger partial charge in [-0.15, -0.1) is 0 Å². The van der Waals surface area contributed by atoms with E-state index in [-0.39, 0.29) is 0 Å². The summed E-state index contributed by atoms with van der Waals surface area (Å²) in [7, 11) is 0. The Morgan fingerprint density at radius 2 is 2.50 bits per heavy atom. The Balaban J connectivity index is 1.85. The second kappa shape index (κ2) is 4.72. The zero-order valence-electron chi connectivity index (χ0n) is 8.03. The minimum Gasteiger partial charge on any atom is -0.366 e. The number of nitrogens with one attached hydrogen (secondary N) is 2. The number of nitrogens with zero attached hydrogens (tertiary/aromatic N) is 2. The molecule has 0 saturated heterocycles. The number of rotatable bonds is 3. The molecule has 0 fully saturated rings. The Morgan fingerprint density at radius 3 is 3.21 bits per heavy atom. The molecule has 0 spiro atoms. The lowest BCUT2D eigenvalue weighted by Crippen LogP contribution is -2.23. The molecule has 0 atom stereocenters. The van der Waals surface area contributed by atoms with Gasteiger partial charge in [-0.05, 0) is 19.0 Å². The van der Waals surface area contributed by atoms with E-state index >= 15 is 0 Å². The standard InChI is InChI=1S/C10H14N4/c1-4-11-5-2-9(1)7-13-10-3-6-12-8-14-10/h1,3,6,8,11H,2,4-5,7H2,(H,12,13,14). The summed E-state index contributed by atoms with van der Waals surface area (Å²) in [6.07, 6.45) is 6.65. The molecule has 0 aliphatic carbocycles. The van der Waals surface area contributed by atoms with E-state index in [2.05, 4.69) is 26.7 Å². The Hall–Kier alpha value is -1.42. The van der Waals surface area contributed by atoms with Gasteiger partial charge in [0, 0.05) is 19.3 Å². The van der Waals surface area contributed by atoms with E-state index in [0.717, 1.165) is 31.9 Å². The topological polar surface area (TPSA) is 49.8 Å². The lowest BCUT2D eigenvalue weighted by molar-refractivity contribution is 0.697. The quantitative estimate of drug-likeness (QED) is 0.692. The first-order chi connectivity index (χ1) is 6.95. The summed E-state index contributed by atoms with van der Waals surface area (Å²) >= 11 is 0. The van der Waals surface area contributed by atoms with Crippen molar-refractivity contribution < 1.29 is 0 Å². The molecular formula is C10H14N4. The lowest BCUT2D eigenvalue weighted by atomic mass is 10.1. The highest BCUT2D eigenvalue weighted by atomic mass is 15.0. The smallest absolute Gasteiger partial charge is 0.129 e. The van der Waals surface area contributed by atoms with Crippen LogP contribution in [0.5, 0.6) is 0 Å². The van der Waals surface area contributed by atoms with Gasteiger partial charge in [0.2, 0.25) is 0 Å². The predicted molar refractivity (Wildman–Crippen MR) is 56.1 cm³/mol. The molecule has 0 bridgehead atoms. The molecule has 2 heterocycles. The third-order valence-electron chi connectivity index (χ3n) is 2.24. The van der Waals surface area contributed by atoms with Gasteiger partial charge in [-0.1, -0.05) is 11.6 Å². The van der Waals surface area contributed by atoms with Crippen LogP contribution in [0, 0.1) is 0 Å². The van der Waals surface area contributed by atoms with Gasteiger partial charge >= 0.3 is 0 Å². The largest absolute Gasteiger partial charge is 0.366 e. The zero-order valence-corrected chi connectivity index (χ0v) is 8.03. The molecule has 4 heteroatoms. The van der Waals surface area contributed by atoms with E-state index in [1.165, 1.54) is 5.57 Å². The highest BCUT2D eigenvalue weighted by Crippen LogP contribution is 2.06. The van der Waals surface area contributed by atoms with Crippen LogP contribution in [0.25, 0.3) is 0 Å². The molecule has 1 aliphatic rings. The van der Waals surface area contributed by atoms with Crippen LogP contribution in [-0.4, -0.2) is 29.6 Å². The summed E-state index contributed by atoms with van der Waals surface area (Å²) in [6, 6.07) is 1.88. The van der Waals surface area contributed by atoms with Crippen molar-refractivity contribution in [2.45, 2.75) is 6.42 Å². The van der Waals surface area contributed by atoms with Gasteiger partial charge in [-0.25, -0.2) is 9.97 Å². The van der Waals surface area contributed by atoms with Crippen LogP contribution in [0.4, 0.5) is 5.82 Å². The van der Waals surface area contributed by atoms with E-state index in [4.69, 9.17) is 0 Å². The molecule has 14 heavy (non-hydrogen) atoms. The fourth-order valence-electron chi connectivity index (χ4n) is 1.43. The third-order valence-corrected chi connectivity index (χ3v) is 2.24. The van der Waals surface area contributed by atoms with Crippen molar-refractivity contribution in [2.75, 3.05) is 25.0 Å². The van der Waals surface area contributed by atoms with Crippen LogP contribution in [-0.2, 0) is 0 Å². The van der Waals surface area contributed by atoms with Crippen LogP contribution in [0.3, 0.4) is 0 Å². The number of aromatic nitrogens is 2. The normalized spacial score (nSPS) is 16.1. The maximum absolute atomic E-state index is 4.10. The number of hydrogen-bond acceptors (Lipinski definition) is 4. The third kappa shape index (κ3) is 2.53. The van der Waals surface area contributed by atoms with Crippen molar-refractivity contribution >= 4 is 5.82 Å². The van der Waals surface area contributed by atoms with Crippen molar-refractivity contribution in [1.82, 2.24) is 15.3 Å². The summed E-state index contributed by atoms with van der Waals surface area (Å²) in [6.45, 7) is 2.96. The van der Waals surface area contributed by atoms with Crippen molar-refractivity contribution in [3.05, 3.63) is 30.2 Å². The second-order valence-electron chi connectivity index (χ2n) is 3.26. The summed E-state index contributed by atoms with van der Waals surface area (Å²) in [5.41, 5.74) is 1.45. The zero-order chi connectivity index (χ0) is 9.64. The van der Waals surface area contributed by atoms with Crippen molar-refractivity contribution in [3.63, 3.8) is 0 Å². The molecule has 0 amide bonds. The van der Waals surface area contributed by atoms with E-state index in [0.29, 0.717) is 0 Å². The SMILES string of the molecule is C1=C(CNc2ccncn2)CCNC1. The molecule has 1 aliphatic heterocycles. The van der Waals surface area contributed by atoms with Crippen LogP contribution >= 0.6 is 0 Å². The molecule has 4 nitrogen and oxygen atoms in total. The maximum Gasteiger partial charge on any atom is 0.129 e. The average Bonchev–Trinajstić information content (AvgIpc) is 2.29. The highest BCUT2D eigenvalue weighted by Gasteiger charge is 2.02. The molecule has 1 aromatic heterocycles. The molecule has 74 valence electrons. The fraction of sp³-hybridized carbons (Fsp3) is 0.400. The monoisotopic (exact) mass is 190 g/mol. The van der Waals surface area contributed by atoms with Crippen LogP contribution < -0.4 is 10.6 Å². The Kier molecular flexibility index (Phi) is 3.08. The first-order valence-corrected chi connectivity index (χ1v) is 4.83. The van der Waals surface area contributed by atoms with Gasteiger partial charge in [-0.3, -0.25) is 0 Å². The molecule has 0 radical (unpaired) electrons. The van der Waals surface area contributed by atoms with E-state index < -0.39 is 0 Å². The van der Waals surface area contributed by atoms with Gasteiger partial charge in [0.1, 0.15) is 12.1 Å². The van der Waals surface area contributed by atoms with Gasteiger partial charge in [0.05, 0.1) is 0 Å². The van der Waals surface area contributed by atoms with Gasteiger partial charge in [0.25, 0.3) is 0 Å².